The Hall–Kier alpha value is -3.41. The smallest absolute Gasteiger partial charge is 0.330 e. The Morgan fingerprint density at radius 2 is 1.68 bits per heavy atom. The van der Waals surface area contributed by atoms with Crippen LogP contribution in [0, 0.1) is 0 Å². The van der Waals surface area contributed by atoms with Gasteiger partial charge in [-0.3, -0.25) is 9.59 Å². The van der Waals surface area contributed by atoms with Crippen molar-refractivity contribution in [1.29, 1.82) is 0 Å². The molecular weight excluding hydrogens is 324 g/mol. The molecule has 6 heteroatoms. The van der Waals surface area contributed by atoms with E-state index in [1.54, 1.807) is 19.1 Å². The average Bonchev–Trinajstić information content (AvgIpc) is 2.60. The lowest BCUT2D eigenvalue weighted by atomic mass is 9.82. The molecule has 0 unspecified atom stereocenters. The summed E-state index contributed by atoms with van der Waals surface area (Å²) in [6.45, 7) is 1.84. The van der Waals surface area contributed by atoms with Gasteiger partial charge in [0.15, 0.2) is 11.6 Å². The zero-order valence-corrected chi connectivity index (χ0v) is 13.3. The van der Waals surface area contributed by atoms with Gasteiger partial charge in [-0.15, -0.1) is 0 Å². The topological polar surface area (TPSA) is 101 Å². The van der Waals surface area contributed by atoms with Crippen LogP contribution in [0.15, 0.2) is 36.4 Å². The maximum atomic E-state index is 12.7. The predicted octanol–water partition coefficient (Wildman–Crippen LogP) is 2.45. The van der Waals surface area contributed by atoms with E-state index in [1.807, 2.05) is 0 Å². The van der Waals surface area contributed by atoms with E-state index in [-0.39, 0.29) is 34.4 Å². The molecule has 2 N–H and O–H groups in total. The molecule has 1 aliphatic rings. The van der Waals surface area contributed by atoms with Crippen molar-refractivity contribution in [3.63, 3.8) is 0 Å². The highest BCUT2D eigenvalue weighted by molar-refractivity contribution is 6.30. The summed E-state index contributed by atoms with van der Waals surface area (Å²) in [5, 5.41) is 20.6. The van der Waals surface area contributed by atoms with Gasteiger partial charge >= 0.3 is 5.97 Å². The number of carbonyl (C=O) groups is 3. The highest BCUT2D eigenvalue weighted by atomic mass is 16.5. The molecule has 2 aromatic rings. The molecule has 0 atom stereocenters. The first-order valence-electron chi connectivity index (χ1n) is 7.57. The average molecular weight is 338 g/mol. The molecule has 0 aliphatic heterocycles. The van der Waals surface area contributed by atoms with Crippen molar-refractivity contribution in [2.75, 3.05) is 6.61 Å². The van der Waals surface area contributed by atoms with Crippen LogP contribution in [0.2, 0.25) is 0 Å². The molecule has 25 heavy (non-hydrogen) atoms. The highest BCUT2D eigenvalue weighted by Gasteiger charge is 2.35. The number of phenols is 2. The Morgan fingerprint density at radius 1 is 1.08 bits per heavy atom. The lowest BCUT2D eigenvalue weighted by molar-refractivity contribution is -0.137. The van der Waals surface area contributed by atoms with E-state index in [0.717, 1.165) is 12.1 Å². The normalized spacial score (nSPS) is 12.8. The van der Waals surface area contributed by atoms with Crippen molar-refractivity contribution >= 4 is 23.6 Å². The highest BCUT2D eigenvalue weighted by Crippen LogP contribution is 2.40. The lowest BCUT2D eigenvalue weighted by Gasteiger charge is -2.20. The Labute approximate surface area is 143 Å². The summed E-state index contributed by atoms with van der Waals surface area (Å²) in [6, 6.07) is 7.32. The van der Waals surface area contributed by atoms with Crippen molar-refractivity contribution in [3.8, 4) is 11.5 Å². The molecule has 0 heterocycles. The van der Waals surface area contributed by atoms with Crippen LogP contribution in [0.3, 0.4) is 0 Å². The molecule has 1 aliphatic carbocycles. The standard InChI is InChI=1S/C19H14O6/c1-2-25-14(21)8-7-10-9-13(20)15-16(17(10)22)19(24)12-6-4-3-5-11(12)18(15)23/h3-9,20,22H,2H2,1H3/b8-7+. The quantitative estimate of drug-likeness (QED) is 0.432. The van der Waals surface area contributed by atoms with E-state index in [4.69, 9.17) is 4.74 Å². The second-order valence-electron chi connectivity index (χ2n) is 5.37. The molecule has 0 saturated heterocycles. The third-order valence-electron chi connectivity index (χ3n) is 3.86. The summed E-state index contributed by atoms with van der Waals surface area (Å²) in [6.07, 6.45) is 2.28. The van der Waals surface area contributed by atoms with E-state index in [1.165, 1.54) is 18.2 Å². The summed E-state index contributed by atoms with van der Waals surface area (Å²) in [7, 11) is 0. The summed E-state index contributed by atoms with van der Waals surface area (Å²) < 4.78 is 4.74. The van der Waals surface area contributed by atoms with Gasteiger partial charge in [-0.25, -0.2) is 4.79 Å². The molecule has 2 aromatic carbocycles. The van der Waals surface area contributed by atoms with E-state index in [9.17, 15) is 24.6 Å². The maximum Gasteiger partial charge on any atom is 0.330 e. The van der Waals surface area contributed by atoms with Crippen LogP contribution in [0.25, 0.3) is 6.08 Å². The van der Waals surface area contributed by atoms with Gasteiger partial charge in [0.2, 0.25) is 0 Å². The van der Waals surface area contributed by atoms with Gasteiger partial charge in [0, 0.05) is 22.8 Å². The van der Waals surface area contributed by atoms with Gasteiger partial charge < -0.3 is 14.9 Å². The Kier molecular flexibility index (Phi) is 4.10. The fourth-order valence-corrected chi connectivity index (χ4v) is 2.75. The number of phenolic OH excluding ortho intramolecular Hbond substituents is 2. The predicted molar refractivity (Wildman–Crippen MR) is 88.7 cm³/mol. The Morgan fingerprint density at radius 3 is 2.28 bits per heavy atom. The zero-order chi connectivity index (χ0) is 18.1. The minimum Gasteiger partial charge on any atom is -0.507 e. The van der Waals surface area contributed by atoms with Crippen LogP contribution in [0.1, 0.15) is 44.3 Å². The van der Waals surface area contributed by atoms with Crippen molar-refractivity contribution in [3.05, 3.63) is 64.2 Å². The number of carbonyl (C=O) groups excluding carboxylic acids is 3. The third kappa shape index (κ3) is 2.67. The maximum absolute atomic E-state index is 12.7. The Balaban J connectivity index is 2.15. The van der Waals surface area contributed by atoms with E-state index >= 15 is 0 Å². The van der Waals surface area contributed by atoms with E-state index in [0.29, 0.717) is 0 Å². The number of ether oxygens (including phenoxy) is 1. The van der Waals surface area contributed by atoms with Crippen molar-refractivity contribution in [2.24, 2.45) is 0 Å². The first-order chi connectivity index (χ1) is 12.0. The summed E-state index contributed by atoms with van der Waals surface area (Å²) in [5.74, 6) is -2.65. The molecule has 0 bridgehead atoms. The molecular formula is C19H14O6. The van der Waals surface area contributed by atoms with Crippen LogP contribution in [0.5, 0.6) is 11.5 Å². The first kappa shape index (κ1) is 16.4. The van der Waals surface area contributed by atoms with Crippen molar-refractivity contribution < 1.29 is 29.3 Å². The molecule has 0 radical (unpaired) electrons. The van der Waals surface area contributed by atoms with Gasteiger partial charge in [-0.2, -0.15) is 0 Å². The number of esters is 1. The molecule has 6 nitrogen and oxygen atoms in total. The SMILES string of the molecule is CCOC(=O)/C=C/c1cc(O)c2c(c1O)C(=O)c1ccccc1C2=O. The number of fused-ring (bicyclic) bond motifs is 2. The monoisotopic (exact) mass is 338 g/mol. The second-order valence-corrected chi connectivity index (χ2v) is 5.37. The minimum absolute atomic E-state index is 0.0323. The summed E-state index contributed by atoms with van der Waals surface area (Å²) in [5.41, 5.74) is -0.155. The molecule has 0 saturated carbocycles. The minimum atomic E-state index is -0.633. The summed E-state index contributed by atoms with van der Waals surface area (Å²) >= 11 is 0. The molecule has 0 aromatic heterocycles. The van der Waals surface area contributed by atoms with E-state index < -0.39 is 29.0 Å². The van der Waals surface area contributed by atoms with Gasteiger partial charge in [0.25, 0.3) is 0 Å². The van der Waals surface area contributed by atoms with Crippen LogP contribution in [-0.2, 0) is 9.53 Å². The fraction of sp³-hybridized carbons (Fsp3) is 0.105. The number of ketones is 2. The molecule has 0 spiro atoms. The largest absolute Gasteiger partial charge is 0.507 e. The number of hydrogen-bond acceptors (Lipinski definition) is 6. The lowest BCUT2D eigenvalue weighted by Crippen LogP contribution is -2.21. The second kappa shape index (κ2) is 6.24. The van der Waals surface area contributed by atoms with Gasteiger partial charge in [0.05, 0.1) is 17.7 Å². The molecule has 3 rings (SSSR count). The van der Waals surface area contributed by atoms with Gasteiger partial charge in [-0.1, -0.05) is 24.3 Å². The Bertz CT molecular complexity index is 939. The van der Waals surface area contributed by atoms with E-state index in [2.05, 4.69) is 0 Å². The van der Waals surface area contributed by atoms with Crippen LogP contribution in [0.4, 0.5) is 0 Å². The first-order valence-corrected chi connectivity index (χ1v) is 7.57. The molecule has 126 valence electrons. The van der Waals surface area contributed by atoms with Crippen molar-refractivity contribution in [1.82, 2.24) is 0 Å². The third-order valence-corrected chi connectivity index (χ3v) is 3.86. The van der Waals surface area contributed by atoms with Crippen molar-refractivity contribution in [2.45, 2.75) is 6.92 Å². The zero-order valence-electron chi connectivity index (χ0n) is 13.3. The van der Waals surface area contributed by atoms with Gasteiger partial charge in [0.1, 0.15) is 11.5 Å². The van der Waals surface area contributed by atoms with Gasteiger partial charge in [-0.05, 0) is 19.1 Å². The van der Waals surface area contributed by atoms with Crippen LogP contribution >= 0.6 is 0 Å². The number of hydrogen-bond donors (Lipinski definition) is 2. The van der Waals surface area contributed by atoms with Crippen LogP contribution < -0.4 is 0 Å². The number of aromatic hydroxyl groups is 2. The number of rotatable bonds is 3. The number of benzene rings is 2. The fourth-order valence-electron chi connectivity index (χ4n) is 2.75. The molecule has 0 fully saturated rings. The summed E-state index contributed by atoms with van der Waals surface area (Å²) in [4.78, 5) is 36.7. The molecule has 0 amide bonds. The van der Waals surface area contributed by atoms with Crippen LogP contribution in [-0.4, -0.2) is 34.4 Å².